The Bertz CT molecular complexity index is 1240. The molecule has 0 saturated carbocycles. The highest BCUT2D eigenvalue weighted by Gasteiger charge is 2.26. The van der Waals surface area contributed by atoms with Crippen molar-refractivity contribution in [2.45, 2.75) is 187 Å². The summed E-state index contributed by atoms with van der Waals surface area (Å²) in [7, 11) is -4.37. The minimum Gasteiger partial charge on any atom is -0.462 e. The van der Waals surface area contributed by atoms with Gasteiger partial charge in [0.1, 0.15) is 6.61 Å². The summed E-state index contributed by atoms with van der Waals surface area (Å²) < 4.78 is 32.6. The Morgan fingerprint density at radius 1 is 0.525 bits per heavy atom. The molecule has 2 unspecified atom stereocenters. The highest BCUT2D eigenvalue weighted by atomic mass is 31.2. The lowest BCUT2D eigenvalue weighted by molar-refractivity contribution is -0.161. The van der Waals surface area contributed by atoms with Crippen LogP contribution in [-0.4, -0.2) is 49.3 Å². The summed E-state index contributed by atoms with van der Waals surface area (Å²) in [6, 6.07) is 0. The summed E-state index contributed by atoms with van der Waals surface area (Å²) in [4.78, 5) is 34.7. The maximum atomic E-state index is 12.6. The summed E-state index contributed by atoms with van der Waals surface area (Å²) in [5, 5.41) is 0. The third kappa shape index (κ3) is 44.6. The second-order valence-corrected chi connectivity index (χ2v) is 16.3. The van der Waals surface area contributed by atoms with Crippen molar-refractivity contribution < 1.29 is 37.6 Å². The summed E-state index contributed by atoms with van der Waals surface area (Å²) >= 11 is 0. The van der Waals surface area contributed by atoms with Gasteiger partial charge in [0.15, 0.2) is 6.10 Å². The normalized spacial score (nSPS) is 14.0. The van der Waals surface area contributed by atoms with Crippen LogP contribution in [0.4, 0.5) is 0 Å². The van der Waals surface area contributed by atoms with Crippen LogP contribution in [-0.2, 0) is 32.7 Å². The highest BCUT2D eigenvalue weighted by molar-refractivity contribution is 7.47. The van der Waals surface area contributed by atoms with Crippen molar-refractivity contribution in [3.8, 4) is 0 Å². The van der Waals surface area contributed by atoms with E-state index in [2.05, 4.69) is 98.9 Å². The van der Waals surface area contributed by atoms with Crippen molar-refractivity contribution in [1.29, 1.82) is 0 Å². The van der Waals surface area contributed by atoms with Gasteiger partial charge < -0.3 is 20.1 Å². The first-order chi connectivity index (χ1) is 28.8. The number of hydrogen-bond donors (Lipinski definition) is 2. The average Bonchev–Trinajstić information content (AvgIpc) is 3.22. The first kappa shape index (κ1) is 56.2. The molecular formula is C49H84NO8P. The molecule has 0 aliphatic rings. The predicted molar refractivity (Wildman–Crippen MR) is 247 cm³/mol. The fourth-order valence-electron chi connectivity index (χ4n) is 5.91. The molecule has 0 amide bonds. The van der Waals surface area contributed by atoms with Crippen molar-refractivity contribution in [2.24, 2.45) is 5.73 Å². The smallest absolute Gasteiger partial charge is 0.462 e. The zero-order valence-corrected chi connectivity index (χ0v) is 38.1. The molecule has 0 bridgehead atoms. The Labute approximate surface area is 360 Å². The van der Waals surface area contributed by atoms with Gasteiger partial charge in [0.05, 0.1) is 13.2 Å². The number of nitrogens with two attached hydrogens (primary N) is 1. The maximum absolute atomic E-state index is 12.6. The molecule has 2 atom stereocenters. The van der Waals surface area contributed by atoms with Gasteiger partial charge in [0.2, 0.25) is 0 Å². The molecule has 0 saturated heterocycles. The van der Waals surface area contributed by atoms with Crippen LogP contribution < -0.4 is 5.73 Å². The van der Waals surface area contributed by atoms with E-state index in [0.29, 0.717) is 6.42 Å². The van der Waals surface area contributed by atoms with Gasteiger partial charge in [-0.15, -0.1) is 0 Å². The first-order valence-electron chi connectivity index (χ1n) is 23.1. The fourth-order valence-corrected chi connectivity index (χ4v) is 6.67. The lowest BCUT2D eigenvalue weighted by Gasteiger charge is -2.19. The lowest BCUT2D eigenvalue weighted by atomic mass is 10.1. The molecule has 338 valence electrons. The first-order valence-corrected chi connectivity index (χ1v) is 24.6. The van der Waals surface area contributed by atoms with Crippen molar-refractivity contribution in [2.75, 3.05) is 26.4 Å². The molecule has 0 radical (unpaired) electrons. The molecule has 0 spiro atoms. The van der Waals surface area contributed by atoms with Crippen molar-refractivity contribution in [3.63, 3.8) is 0 Å². The van der Waals surface area contributed by atoms with Crippen molar-refractivity contribution in [3.05, 3.63) is 85.1 Å². The number of phosphoric acid groups is 1. The monoisotopic (exact) mass is 846 g/mol. The van der Waals surface area contributed by atoms with Crippen LogP contribution in [0.2, 0.25) is 0 Å². The Morgan fingerprint density at radius 2 is 0.932 bits per heavy atom. The number of esters is 2. The molecule has 59 heavy (non-hydrogen) atoms. The lowest BCUT2D eigenvalue weighted by Crippen LogP contribution is -2.29. The number of ether oxygens (including phenoxy) is 2. The van der Waals surface area contributed by atoms with Crippen LogP contribution in [0.1, 0.15) is 181 Å². The van der Waals surface area contributed by atoms with Gasteiger partial charge in [-0.25, -0.2) is 4.57 Å². The van der Waals surface area contributed by atoms with E-state index in [-0.39, 0.29) is 32.6 Å². The summed E-state index contributed by atoms with van der Waals surface area (Å²) in [6.07, 6.45) is 56.5. The molecule has 3 N–H and O–H groups in total. The minimum absolute atomic E-state index is 0.0493. The zero-order valence-electron chi connectivity index (χ0n) is 37.2. The maximum Gasteiger partial charge on any atom is 0.472 e. The predicted octanol–water partition coefficient (Wildman–Crippen LogP) is 13.6. The topological polar surface area (TPSA) is 134 Å². The molecule has 0 aromatic rings. The summed E-state index contributed by atoms with van der Waals surface area (Å²) in [6.45, 7) is 3.54. The number of allylic oxidation sites excluding steroid dienone is 14. The van der Waals surface area contributed by atoms with Crippen LogP contribution in [0.5, 0.6) is 0 Å². The van der Waals surface area contributed by atoms with Crippen molar-refractivity contribution >= 4 is 19.8 Å². The third-order valence-electron chi connectivity index (χ3n) is 9.30. The van der Waals surface area contributed by atoms with Crippen LogP contribution >= 0.6 is 7.82 Å². The van der Waals surface area contributed by atoms with Gasteiger partial charge in [-0.2, -0.15) is 0 Å². The Morgan fingerprint density at radius 3 is 1.39 bits per heavy atom. The molecule has 10 heteroatoms. The van der Waals surface area contributed by atoms with E-state index in [4.69, 9.17) is 24.3 Å². The Balaban J connectivity index is 3.97. The van der Waals surface area contributed by atoms with Gasteiger partial charge in [0.25, 0.3) is 0 Å². The fraction of sp³-hybridized carbons (Fsp3) is 0.673. The minimum atomic E-state index is -4.37. The molecule has 9 nitrogen and oxygen atoms in total. The number of phosphoric ester groups is 1. The molecule has 0 rings (SSSR count). The molecule has 0 fully saturated rings. The number of carbonyl (C=O) groups excluding carboxylic acids is 2. The van der Waals surface area contributed by atoms with E-state index in [0.717, 1.165) is 96.3 Å². The van der Waals surface area contributed by atoms with Gasteiger partial charge in [-0.1, -0.05) is 182 Å². The third-order valence-corrected chi connectivity index (χ3v) is 10.3. The zero-order chi connectivity index (χ0) is 43.2. The summed E-state index contributed by atoms with van der Waals surface area (Å²) in [5.74, 6) is -0.848. The molecule has 0 heterocycles. The average molecular weight is 846 g/mol. The molecular weight excluding hydrogens is 762 g/mol. The Hall–Kier alpha value is -2.81. The van der Waals surface area contributed by atoms with Crippen LogP contribution in [0.3, 0.4) is 0 Å². The van der Waals surface area contributed by atoms with E-state index >= 15 is 0 Å². The van der Waals surface area contributed by atoms with Crippen LogP contribution in [0.25, 0.3) is 0 Å². The highest BCUT2D eigenvalue weighted by Crippen LogP contribution is 2.43. The second kappa shape index (κ2) is 44.7. The van der Waals surface area contributed by atoms with E-state index in [1.165, 1.54) is 51.4 Å². The van der Waals surface area contributed by atoms with Gasteiger partial charge in [-0.05, 0) is 70.6 Å². The molecule has 0 aromatic heterocycles. The van der Waals surface area contributed by atoms with Gasteiger partial charge in [-0.3, -0.25) is 18.6 Å². The van der Waals surface area contributed by atoms with E-state index in [1.807, 2.05) is 0 Å². The van der Waals surface area contributed by atoms with E-state index < -0.39 is 32.5 Å². The quantitative estimate of drug-likeness (QED) is 0.0266. The van der Waals surface area contributed by atoms with Crippen molar-refractivity contribution in [1.82, 2.24) is 0 Å². The number of unbranched alkanes of at least 4 members (excludes halogenated alkanes) is 15. The number of carbonyl (C=O) groups is 2. The van der Waals surface area contributed by atoms with Gasteiger partial charge >= 0.3 is 19.8 Å². The SMILES string of the molecule is CC/C=C\C/C=C\C/C=C\C/C=C\C/C=C\C/C=C\C/C=C\CCCCCCCCCCCC(=O)OC(COC(=O)CCCCCCCCC)COP(=O)(O)OCCN. The molecule has 0 aromatic carbocycles. The molecule has 0 aliphatic heterocycles. The van der Waals surface area contributed by atoms with E-state index in [9.17, 15) is 19.0 Å². The van der Waals surface area contributed by atoms with E-state index in [1.54, 1.807) is 0 Å². The number of hydrogen-bond acceptors (Lipinski definition) is 8. The number of rotatable bonds is 42. The second-order valence-electron chi connectivity index (χ2n) is 14.9. The largest absolute Gasteiger partial charge is 0.472 e. The van der Waals surface area contributed by atoms with Gasteiger partial charge in [0, 0.05) is 19.4 Å². The Kier molecular flexibility index (Phi) is 42.6. The standard InChI is InChI=1S/C49H84NO8P/c1-3-5-7-9-11-12-13-14-15-16-17-18-19-20-21-22-23-24-25-26-27-28-29-30-31-32-33-34-36-38-40-42-49(52)58-47(46-57-59(53,54)56-44-43-50)45-55-48(51)41-39-37-35-10-8-6-4-2/h5,7,11-12,14-15,17-18,20-21,23-24,26-27,47H,3-4,6,8-10,13,16,19,22,25,28-46,50H2,1-2H3,(H,53,54)/b7-5-,12-11-,15-14-,18-17-,21-20-,24-23-,27-26-. The van der Waals surface area contributed by atoms with Crippen LogP contribution in [0.15, 0.2) is 85.1 Å². The van der Waals surface area contributed by atoms with Crippen LogP contribution in [0, 0.1) is 0 Å². The molecule has 0 aliphatic carbocycles. The summed E-state index contributed by atoms with van der Waals surface area (Å²) in [5.41, 5.74) is 5.33.